The Morgan fingerprint density at radius 2 is 2.19 bits per heavy atom. The van der Waals surface area contributed by atoms with Crippen LogP contribution in [0, 0.1) is 13.8 Å². The molecule has 1 aromatic heterocycles. The largest absolute Gasteiger partial charge is 0.493 e. The SMILES string of the molecule is Cc1cccc(OCCc2nc(CNC3CC3)cs2)c1C. The maximum Gasteiger partial charge on any atom is 0.122 e. The molecule has 1 N–H and O–H groups in total. The van der Waals surface area contributed by atoms with Crippen molar-refractivity contribution < 1.29 is 4.74 Å². The fraction of sp³-hybridized carbons (Fsp3) is 0.471. The quantitative estimate of drug-likeness (QED) is 0.848. The van der Waals surface area contributed by atoms with Gasteiger partial charge in [-0.1, -0.05) is 12.1 Å². The van der Waals surface area contributed by atoms with Crippen molar-refractivity contribution in [2.24, 2.45) is 0 Å². The molecule has 0 bridgehead atoms. The van der Waals surface area contributed by atoms with Crippen LogP contribution in [0.1, 0.15) is 34.7 Å². The molecule has 0 saturated heterocycles. The molecular formula is C17H22N2OS. The second kappa shape index (κ2) is 6.58. The number of nitrogens with zero attached hydrogens (tertiary/aromatic N) is 1. The zero-order chi connectivity index (χ0) is 14.7. The Morgan fingerprint density at radius 3 is 3.00 bits per heavy atom. The van der Waals surface area contributed by atoms with E-state index in [0.29, 0.717) is 6.61 Å². The molecule has 2 aromatic rings. The fourth-order valence-electron chi connectivity index (χ4n) is 2.21. The van der Waals surface area contributed by atoms with E-state index >= 15 is 0 Å². The molecule has 3 rings (SSSR count). The summed E-state index contributed by atoms with van der Waals surface area (Å²) in [6, 6.07) is 6.93. The van der Waals surface area contributed by atoms with Crippen LogP contribution in [0.3, 0.4) is 0 Å². The van der Waals surface area contributed by atoms with Gasteiger partial charge in [-0.2, -0.15) is 0 Å². The standard InChI is InChI=1S/C17H22N2OS/c1-12-4-3-5-16(13(12)2)20-9-8-17-19-15(11-21-17)10-18-14-6-7-14/h3-5,11,14,18H,6-10H2,1-2H3. The molecule has 3 nitrogen and oxygen atoms in total. The molecule has 1 saturated carbocycles. The number of benzene rings is 1. The molecule has 112 valence electrons. The predicted octanol–water partition coefficient (Wildman–Crippen LogP) is 3.63. The zero-order valence-corrected chi connectivity index (χ0v) is 13.5. The minimum atomic E-state index is 0.688. The third kappa shape index (κ3) is 4.05. The molecule has 1 aliphatic rings. The highest BCUT2D eigenvalue weighted by molar-refractivity contribution is 7.09. The first-order valence-corrected chi connectivity index (χ1v) is 8.46. The van der Waals surface area contributed by atoms with E-state index in [-0.39, 0.29) is 0 Å². The average molecular weight is 302 g/mol. The summed E-state index contributed by atoms with van der Waals surface area (Å²) in [6.07, 6.45) is 3.52. The first-order valence-electron chi connectivity index (χ1n) is 7.58. The van der Waals surface area contributed by atoms with Gasteiger partial charge in [-0.3, -0.25) is 0 Å². The van der Waals surface area contributed by atoms with Gasteiger partial charge in [-0.25, -0.2) is 4.98 Å². The predicted molar refractivity (Wildman–Crippen MR) is 87.1 cm³/mol. The molecule has 0 unspecified atom stereocenters. The maximum atomic E-state index is 5.89. The number of aromatic nitrogens is 1. The van der Waals surface area contributed by atoms with Crippen LogP contribution in [0.2, 0.25) is 0 Å². The molecule has 0 radical (unpaired) electrons. The number of aryl methyl sites for hydroxylation is 1. The fourth-order valence-corrected chi connectivity index (χ4v) is 2.99. The van der Waals surface area contributed by atoms with Crippen LogP contribution in [0.15, 0.2) is 23.6 Å². The van der Waals surface area contributed by atoms with Crippen LogP contribution in [0.4, 0.5) is 0 Å². The third-order valence-corrected chi connectivity index (χ3v) is 4.83. The molecule has 1 heterocycles. The second-order valence-corrected chi connectivity index (χ2v) is 6.63. The van der Waals surface area contributed by atoms with Crippen molar-refractivity contribution in [3.05, 3.63) is 45.4 Å². The van der Waals surface area contributed by atoms with Gasteiger partial charge in [0, 0.05) is 24.4 Å². The van der Waals surface area contributed by atoms with Gasteiger partial charge >= 0.3 is 0 Å². The van der Waals surface area contributed by atoms with Crippen molar-refractivity contribution in [1.29, 1.82) is 0 Å². The molecule has 1 aromatic carbocycles. The van der Waals surface area contributed by atoms with Crippen LogP contribution < -0.4 is 10.1 Å². The summed E-state index contributed by atoms with van der Waals surface area (Å²) in [5, 5.41) is 6.81. The Bertz CT molecular complexity index is 605. The normalized spacial score (nSPS) is 14.4. The number of ether oxygens (including phenoxy) is 1. The van der Waals surface area contributed by atoms with Gasteiger partial charge in [0.25, 0.3) is 0 Å². The van der Waals surface area contributed by atoms with Crippen molar-refractivity contribution >= 4 is 11.3 Å². The number of rotatable bonds is 7. The lowest BCUT2D eigenvalue weighted by Crippen LogP contribution is -2.15. The maximum absolute atomic E-state index is 5.89. The Hall–Kier alpha value is -1.39. The van der Waals surface area contributed by atoms with Crippen LogP contribution in [0.5, 0.6) is 5.75 Å². The van der Waals surface area contributed by atoms with Crippen molar-refractivity contribution in [2.75, 3.05) is 6.61 Å². The van der Waals surface area contributed by atoms with Gasteiger partial charge in [-0.15, -0.1) is 11.3 Å². The Kier molecular flexibility index (Phi) is 4.56. The summed E-state index contributed by atoms with van der Waals surface area (Å²) in [7, 11) is 0. The van der Waals surface area contributed by atoms with Gasteiger partial charge in [0.2, 0.25) is 0 Å². The lowest BCUT2D eigenvalue weighted by molar-refractivity contribution is 0.319. The van der Waals surface area contributed by atoms with Crippen molar-refractivity contribution in [2.45, 2.75) is 45.7 Å². The van der Waals surface area contributed by atoms with Gasteiger partial charge in [-0.05, 0) is 43.9 Å². The van der Waals surface area contributed by atoms with E-state index in [1.165, 1.54) is 24.0 Å². The molecule has 0 spiro atoms. The zero-order valence-electron chi connectivity index (χ0n) is 12.7. The van der Waals surface area contributed by atoms with Crippen molar-refractivity contribution in [3.8, 4) is 5.75 Å². The van der Waals surface area contributed by atoms with Gasteiger partial charge in [0.1, 0.15) is 5.75 Å². The number of hydrogen-bond donors (Lipinski definition) is 1. The first-order chi connectivity index (χ1) is 10.2. The Morgan fingerprint density at radius 1 is 1.33 bits per heavy atom. The Labute approximate surface area is 130 Å². The van der Waals surface area contributed by atoms with Gasteiger partial charge in [0.05, 0.1) is 17.3 Å². The summed E-state index contributed by atoms with van der Waals surface area (Å²) < 4.78 is 5.89. The highest BCUT2D eigenvalue weighted by Gasteiger charge is 2.20. The molecule has 0 aliphatic heterocycles. The summed E-state index contributed by atoms with van der Waals surface area (Å²) >= 11 is 1.73. The van der Waals surface area contributed by atoms with Gasteiger partial charge in [0.15, 0.2) is 0 Å². The highest BCUT2D eigenvalue weighted by atomic mass is 32.1. The molecule has 1 fully saturated rings. The van der Waals surface area contributed by atoms with Crippen LogP contribution in [-0.2, 0) is 13.0 Å². The van der Waals surface area contributed by atoms with Crippen LogP contribution >= 0.6 is 11.3 Å². The summed E-state index contributed by atoms with van der Waals surface area (Å²) in [5.41, 5.74) is 3.66. The van der Waals surface area contributed by atoms with E-state index < -0.39 is 0 Å². The molecule has 4 heteroatoms. The van der Waals surface area contributed by atoms with Crippen molar-refractivity contribution in [1.82, 2.24) is 10.3 Å². The third-order valence-electron chi connectivity index (χ3n) is 3.88. The van der Waals surface area contributed by atoms with Crippen molar-refractivity contribution in [3.63, 3.8) is 0 Å². The molecule has 0 amide bonds. The number of nitrogens with one attached hydrogen (secondary N) is 1. The van der Waals surface area contributed by atoms with E-state index in [9.17, 15) is 0 Å². The number of thiazole rings is 1. The minimum absolute atomic E-state index is 0.688. The molecular weight excluding hydrogens is 280 g/mol. The van der Waals surface area contributed by atoms with E-state index in [2.05, 4.69) is 35.6 Å². The van der Waals surface area contributed by atoms with E-state index in [1.807, 2.05) is 12.1 Å². The smallest absolute Gasteiger partial charge is 0.122 e. The molecule has 21 heavy (non-hydrogen) atoms. The van der Waals surface area contributed by atoms with Crippen LogP contribution in [0.25, 0.3) is 0 Å². The molecule has 1 aliphatic carbocycles. The summed E-state index contributed by atoms with van der Waals surface area (Å²) in [5.74, 6) is 0.988. The minimum Gasteiger partial charge on any atom is -0.493 e. The summed E-state index contributed by atoms with van der Waals surface area (Å²) in [6.45, 7) is 5.81. The van der Waals surface area contributed by atoms with Gasteiger partial charge < -0.3 is 10.1 Å². The Balaban J connectivity index is 1.47. The molecule has 0 atom stereocenters. The first kappa shape index (κ1) is 14.5. The monoisotopic (exact) mass is 302 g/mol. The van der Waals surface area contributed by atoms with E-state index in [0.717, 1.165) is 35.5 Å². The topological polar surface area (TPSA) is 34.1 Å². The summed E-state index contributed by atoms with van der Waals surface area (Å²) in [4.78, 5) is 4.66. The average Bonchev–Trinajstić information content (AvgIpc) is 3.20. The van der Waals surface area contributed by atoms with E-state index in [4.69, 9.17) is 4.74 Å². The number of hydrogen-bond acceptors (Lipinski definition) is 4. The van der Waals surface area contributed by atoms with Crippen LogP contribution in [-0.4, -0.2) is 17.6 Å². The highest BCUT2D eigenvalue weighted by Crippen LogP contribution is 2.21. The second-order valence-electron chi connectivity index (χ2n) is 5.68. The van der Waals surface area contributed by atoms with E-state index in [1.54, 1.807) is 11.3 Å². The lowest BCUT2D eigenvalue weighted by Gasteiger charge is -2.09. The lowest BCUT2D eigenvalue weighted by atomic mass is 10.1.